The Morgan fingerprint density at radius 3 is 2.50 bits per heavy atom. The minimum atomic E-state index is -3.70. The average Bonchev–Trinajstić information content (AvgIpc) is 2.69. The quantitative estimate of drug-likeness (QED) is 0.346. The molecule has 0 saturated heterocycles. The number of rotatable bonds is 7. The van der Waals surface area contributed by atoms with Crippen molar-refractivity contribution in [1.29, 1.82) is 0 Å². The van der Waals surface area contributed by atoms with E-state index in [1.807, 2.05) is 36.4 Å². The first-order valence-electron chi connectivity index (χ1n) is 8.21. The van der Waals surface area contributed by atoms with Crippen LogP contribution in [0.5, 0.6) is 5.75 Å². The largest absolute Gasteiger partial charge is 0.489 e. The summed E-state index contributed by atoms with van der Waals surface area (Å²) < 4.78 is 32.0. The van der Waals surface area contributed by atoms with E-state index in [4.69, 9.17) is 4.74 Å². The van der Waals surface area contributed by atoms with Gasteiger partial charge in [-0.2, -0.15) is 13.5 Å². The summed E-state index contributed by atoms with van der Waals surface area (Å²) in [5, 5.41) is 3.87. The number of benzene rings is 3. The average molecular weight is 524 g/mol. The van der Waals surface area contributed by atoms with Crippen molar-refractivity contribution in [1.82, 2.24) is 4.83 Å². The van der Waals surface area contributed by atoms with E-state index in [0.717, 1.165) is 14.5 Å². The highest BCUT2D eigenvalue weighted by atomic mass is 79.9. The van der Waals surface area contributed by atoms with Crippen LogP contribution in [0.15, 0.2) is 91.7 Å². The van der Waals surface area contributed by atoms with E-state index in [1.54, 1.807) is 24.3 Å². The van der Waals surface area contributed by atoms with Crippen molar-refractivity contribution in [2.75, 3.05) is 0 Å². The second kappa shape index (κ2) is 9.36. The highest BCUT2D eigenvalue weighted by Gasteiger charge is 2.11. The zero-order valence-electron chi connectivity index (χ0n) is 14.5. The summed E-state index contributed by atoms with van der Waals surface area (Å²) in [6, 6.07) is 21.4. The molecule has 0 fully saturated rings. The Balaban J connectivity index is 1.68. The maximum atomic E-state index is 12.2. The van der Waals surface area contributed by atoms with Gasteiger partial charge >= 0.3 is 0 Å². The number of sulfonamides is 1. The lowest BCUT2D eigenvalue weighted by Gasteiger charge is -2.08. The third kappa shape index (κ3) is 5.67. The van der Waals surface area contributed by atoms with Gasteiger partial charge in [-0.25, -0.2) is 4.83 Å². The van der Waals surface area contributed by atoms with Gasteiger partial charge in [0.1, 0.15) is 12.4 Å². The molecule has 0 aromatic heterocycles. The minimum absolute atomic E-state index is 0.150. The Morgan fingerprint density at radius 1 is 0.964 bits per heavy atom. The fraction of sp³-hybridized carbons (Fsp3) is 0.0500. The molecule has 3 aromatic carbocycles. The predicted molar refractivity (Wildman–Crippen MR) is 117 cm³/mol. The summed E-state index contributed by atoms with van der Waals surface area (Å²) in [6.45, 7) is 0.415. The zero-order valence-corrected chi connectivity index (χ0v) is 18.5. The molecule has 3 rings (SSSR count). The second-order valence-corrected chi connectivity index (χ2v) is 9.20. The topological polar surface area (TPSA) is 67.8 Å². The van der Waals surface area contributed by atoms with Gasteiger partial charge in [0.15, 0.2) is 0 Å². The fourth-order valence-corrected chi connectivity index (χ4v) is 3.93. The molecule has 0 saturated carbocycles. The van der Waals surface area contributed by atoms with E-state index in [2.05, 4.69) is 41.8 Å². The summed E-state index contributed by atoms with van der Waals surface area (Å²) in [7, 11) is -3.70. The van der Waals surface area contributed by atoms with Gasteiger partial charge < -0.3 is 4.74 Å². The van der Waals surface area contributed by atoms with E-state index >= 15 is 0 Å². The lowest BCUT2D eigenvalue weighted by molar-refractivity contribution is 0.306. The normalized spacial score (nSPS) is 11.5. The van der Waals surface area contributed by atoms with E-state index in [-0.39, 0.29) is 4.90 Å². The fourth-order valence-electron chi connectivity index (χ4n) is 2.32. The number of hydrogen-bond donors (Lipinski definition) is 1. The summed E-state index contributed by atoms with van der Waals surface area (Å²) in [4.78, 5) is 2.36. The molecule has 0 spiro atoms. The molecule has 0 heterocycles. The molecule has 8 heteroatoms. The lowest BCUT2D eigenvalue weighted by Crippen LogP contribution is -2.18. The Hall–Kier alpha value is -2.16. The second-order valence-electron chi connectivity index (χ2n) is 5.77. The maximum Gasteiger partial charge on any atom is 0.276 e. The first-order chi connectivity index (χ1) is 13.4. The minimum Gasteiger partial charge on any atom is -0.489 e. The molecule has 0 atom stereocenters. The van der Waals surface area contributed by atoms with E-state index in [1.165, 1.54) is 18.3 Å². The summed E-state index contributed by atoms with van der Waals surface area (Å²) in [5.41, 5.74) is 1.71. The van der Waals surface area contributed by atoms with Gasteiger partial charge in [0.2, 0.25) is 0 Å². The molecule has 0 unspecified atom stereocenters. The van der Waals surface area contributed by atoms with Gasteiger partial charge in [0.05, 0.1) is 11.1 Å². The van der Waals surface area contributed by atoms with Crippen LogP contribution in [-0.4, -0.2) is 14.6 Å². The Bertz CT molecular complexity index is 1090. The van der Waals surface area contributed by atoms with Crippen LogP contribution in [0.2, 0.25) is 0 Å². The van der Waals surface area contributed by atoms with Gasteiger partial charge in [-0.1, -0.05) is 62.2 Å². The highest BCUT2D eigenvalue weighted by molar-refractivity contribution is 9.10. The molecular formula is C20H16Br2N2O3S. The van der Waals surface area contributed by atoms with Gasteiger partial charge in [-0.15, -0.1) is 0 Å². The molecule has 5 nitrogen and oxygen atoms in total. The van der Waals surface area contributed by atoms with Gasteiger partial charge in [0.25, 0.3) is 10.0 Å². The van der Waals surface area contributed by atoms with Crippen molar-refractivity contribution in [3.63, 3.8) is 0 Å². The Morgan fingerprint density at radius 2 is 1.75 bits per heavy atom. The first-order valence-corrected chi connectivity index (χ1v) is 11.3. The molecule has 0 amide bonds. The van der Waals surface area contributed by atoms with Crippen LogP contribution in [-0.2, 0) is 16.6 Å². The van der Waals surface area contributed by atoms with Crippen molar-refractivity contribution in [3.8, 4) is 5.75 Å². The van der Waals surface area contributed by atoms with Crippen LogP contribution in [0.1, 0.15) is 11.1 Å². The number of halogens is 2. The highest BCUT2D eigenvalue weighted by Crippen LogP contribution is 2.22. The monoisotopic (exact) mass is 522 g/mol. The third-order valence-corrected chi connectivity index (χ3v) is 6.15. The number of nitrogens with one attached hydrogen (secondary N) is 1. The first kappa shape index (κ1) is 20.6. The van der Waals surface area contributed by atoms with Crippen molar-refractivity contribution in [2.24, 2.45) is 5.10 Å². The predicted octanol–water partition coefficient (Wildman–Crippen LogP) is 5.10. The van der Waals surface area contributed by atoms with Crippen LogP contribution >= 0.6 is 31.9 Å². The molecule has 0 bridgehead atoms. The van der Waals surface area contributed by atoms with E-state index in [0.29, 0.717) is 17.9 Å². The van der Waals surface area contributed by atoms with Gasteiger partial charge in [-0.3, -0.25) is 0 Å². The molecule has 0 aliphatic rings. The number of ether oxygens (including phenoxy) is 1. The van der Waals surface area contributed by atoms with Crippen molar-refractivity contribution in [3.05, 3.63) is 92.9 Å². The Labute approximate surface area is 180 Å². The number of hydrazone groups is 1. The summed E-state index contributed by atoms with van der Waals surface area (Å²) in [6.07, 6.45) is 1.43. The Kier molecular flexibility index (Phi) is 6.88. The molecule has 0 aliphatic heterocycles. The maximum absolute atomic E-state index is 12.2. The van der Waals surface area contributed by atoms with Crippen LogP contribution in [0.4, 0.5) is 0 Å². The molecule has 3 aromatic rings. The van der Waals surface area contributed by atoms with E-state index < -0.39 is 10.0 Å². The SMILES string of the molecule is O=S(=O)(N/N=C\c1cc(OCc2cccc(Br)c2)ccc1Br)c1ccccc1. The van der Waals surface area contributed by atoms with Crippen molar-refractivity contribution >= 4 is 48.1 Å². The molecular weight excluding hydrogens is 508 g/mol. The summed E-state index contributed by atoms with van der Waals surface area (Å²) >= 11 is 6.87. The number of nitrogens with zero attached hydrogens (tertiary/aromatic N) is 1. The van der Waals surface area contributed by atoms with E-state index in [9.17, 15) is 8.42 Å². The molecule has 0 radical (unpaired) electrons. The van der Waals surface area contributed by atoms with Gasteiger partial charge in [0, 0.05) is 14.5 Å². The van der Waals surface area contributed by atoms with Crippen LogP contribution in [0.3, 0.4) is 0 Å². The number of hydrogen-bond acceptors (Lipinski definition) is 4. The standard InChI is InChI=1S/C20H16Br2N2O3S/c21-17-6-4-5-15(11-17)14-27-18-9-10-20(22)16(12-18)13-23-24-28(25,26)19-7-2-1-3-8-19/h1-13,24H,14H2/b23-13-. The lowest BCUT2D eigenvalue weighted by atomic mass is 10.2. The van der Waals surface area contributed by atoms with Gasteiger partial charge in [-0.05, 0) is 48.0 Å². The smallest absolute Gasteiger partial charge is 0.276 e. The molecule has 28 heavy (non-hydrogen) atoms. The van der Waals surface area contributed by atoms with Crippen molar-refractivity contribution < 1.29 is 13.2 Å². The van der Waals surface area contributed by atoms with Crippen LogP contribution in [0.25, 0.3) is 0 Å². The van der Waals surface area contributed by atoms with Crippen LogP contribution < -0.4 is 9.57 Å². The molecule has 144 valence electrons. The summed E-state index contributed by atoms with van der Waals surface area (Å²) in [5.74, 6) is 0.649. The molecule has 1 N–H and O–H groups in total. The third-order valence-electron chi connectivity index (χ3n) is 3.69. The van der Waals surface area contributed by atoms with Crippen molar-refractivity contribution in [2.45, 2.75) is 11.5 Å². The van der Waals surface area contributed by atoms with Crippen LogP contribution in [0, 0.1) is 0 Å². The molecule has 0 aliphatic carbocycles. The zero-order chi connectivity index (χ0) is 20.0.